The molecule has 0 radical (unpaired) electrons. The Kier molecular flexibility index (Phi) is 4.63. The molecule has 1 aliphatic rings. The number of benzene rings is 2. The van der Waals surface area contributed by atoms with E-state index in [9.17, 15) is 4.79 Å². The summed E-state index contributed by atoms with van der Waals surface area (Å²) in [6.07, 6.45) is 2.71. The lowest BCUT2D eigenvalue weighted by atomic mass is 10.00. The fourth-order valence-corrected chi connectivity index (χ4v) is 3.67. The number of hydrogen-bond acceptors (Lipinski definition) is 3. The van der Waals surface area contributed by atoms with Gasteiger partial charge < -0.3 is 10.2 Å². The van der Waals surface area contributed by atoms with Gasteiger partial charge in [-0.3, -0.25) is 4.79 Å². The molecule has 0 bridgehead atoms. The van der Waals surface area contributed by atoms with Crippen LogP contribution in [-0.4, -0.2) is 17.4 Å². The number of aromatic nitrogens is 1. The summed E-state index contributed by atoms with van der Waals surface area (Å²) in [7, 11) is 0. The molecule has 0 saturated carbocycles. The molecule has 2 aromatic carbocycles. The smallest absolute Gasteiger partial charge is 0.255 e. The summed E-state index contributed by atoms with van der Waals surface area (Å²) in [6, 6.07) is 18.2. The number of fused-ring (bicyclic) bond motifs is 1. The van der Waals surface area contributed by atoms with Crippen LogP contribution in [0.5, 0.6) is 0 Å². The number of nitrogens with one attached hydrogen (secondary N) is 1. The molecule has 0 unspecified atom stereocenters. The highest BCUT2D eigenvalue weighted by molar-refractivity contribution is 6.04. The molecule has 1 aliphatic heterocycles. The quantitative estimate of drug-likeness (QED) is 0.750. The Labute approximate surface area is 159 Å². The Balaban J connectivity index is 1.53. The van der Waals surface area contributed by atoms with Gasteiger partial charge in [0.05, 0.1) is 0 Å². The highest BCUT2D eigenvalue weighted by Crippen LogP contribution is 2.24. The summed E-state index contributed by atoms with van der Waals surface area (Å²) in [5.74, 6) is 0.735. The van der Waals surface area contributed by atoms with Gasteiger partial charge in [-0.15, -0.1) is 0 Å². The van der Waals surface area contributed by atoms with Gasteiger partial charge in [-0.25, -0.2) is 4.98 Å². The number of rotatable bonds is 3. The standard InChI is InChI=1S/C23H23N3O/c1-16-11-17(2)13-21(12-16)25-23(27)19-7-9-24-22(14-19)26-10-8-18-5-3-4-6-20(18)15-26/h3-7,9,11-14H,8,10,15H2,1-2H3,(H,25,27). The van der Waals surface area contributed by atoms with Crippen molar-refractivity contribution in [1.29, 1.82) is 0 Å². The molecule has 1 N–H and O–H groups in total. The Morgan fingerprint density at radius 1 is 1.00 bits per heavy atom. The van der Waals surface area contributed by atoms with Crippen LogP contribution in [-0.2, 0) is 13.0 Å². The number of hydrogen-bond donors (Lipinski definition) is 1. The lowest BCUT2D eigenvalue weighted by Crippen LogP contribution is -2.31. The number of anilines is 2. The monoisotopic (exact) mass is 357 g/mol. The fourth-order valence-electron chi connectivity index (χ4n) is 3.67. The van der Waals surface area contributed by atoms with Crippen LogP contribution in [0.15, 0.2) is 60.8 Å². The molecule has 4 rings (SSSR count). The van der Waals surface area contributed by atoms with Crippen molar-refractivity contribution >= 4 is 17.4 Å². The van der Waals surface area contributed by atoms with Gasteiger partial charge in [0.15, 0.2) is 0 Å². The van der Waals surface area contributed by atoms with Crippen LogP contribution < -0.4 is 10.2 Å². The van der Waals surface area contributed by atoms with Crippen molar-refractivity contribution in [3.63, 3.8) is 0 Å². The van der Waals surface area contributed by atoms with E-state index in [1.54, 1.807) is 12.3 Å². The van der Waals surface area contributed by atoms with E-state index in [-0.39, 0.29) is 5.91 Å². The van der Waals surface area contributed by atoms with Crippen LogP contribution in [0, 0.1) is 13.8 Å². The van der Waals surface area contributed by atoms with E-state index in [1.165, 1.54) is 11.1 Å². The first-order chi connectivity index (χ1) is 13.1. The lowest BCUT2D eigenvalue weighted by Gasteiger charge is -2.29. The molecule has 4 heteroatoms. The van der Waals surface area contributed by atoms with Crippen molar-refractivity contribution in [2.24, 2.45) is 0 Å². The maximum absolute atomic E-state index is 12.7. The third-order valence-corrected chi connectivity index (χ3v) is 4.94. The lowest BCUT2D eigenvalue weighted by molar-refractivity contribution is 0.102. The molecule has 1 amide bonds. The van der Waals surface area contributed by atoms with E-state index < -0.39 is 0 Å². The third kappa shape index (κ3) is 3.85. The maximum Gasteiger partial charge on any atom is 0.255 e. The molecular weight excluding hydrogens is 334 g/mol. The molecule has 136 valence electrons. The van der Waals surface area contributed by atoms with Gasteiger partial charge in [0, 0.05) is 30.5 Å². The minimum atomic E-state index is -0.110. The zero-order valence-electron chi connectivity index (χ0n) is 15.7. The average Bonchev–Trinajstić information content (AvgIpc) is 2.67. The zero-order valence-corrected chi connectivity index (χ0v) is 15.7. The predicted molar refractivity (Wildman–Crippen MR) is 109 cm³/mol. The summed E-state index contributed by atoms with van der Waals surface area (Å²) < 4.78 is 0. The number of carbonyl (C=O) groups excluding carboxylic acids is 1. The third-order valence-electron chi connectivity index (χ3n) is 4.94. The number of amides is 1. The molecule has 1 aromatic heterocycles. The van der Waals surface area contributed by atoms with Gasteiger partial charge in [0.2, 0.25) is 0 Å². The Morgan fingerprint density at radius 3 is 2.52 bits per heavy atom. The largest absolute Gasteiger partial charge is 0.352 e. The zero-order chi connectivity index (χ0) is 18.8. The van der Waals surface area contributed by atoms with Gasteiger partial charge in [0.25, 0.3) is 5.91 Å². The van der Waals surface area contributed by atoms with Gasteiger partial charge in [-0.1, -0.05) is 30.3 Å². The van der Waals surface area contributed by atoms with Crippen molar-refractivity contribution < 1.29 is 4.79 Å². The highest BCUT2D eigenvalue weighted by atomic mass is 16.1. The first kappa shape index (κ1) is 17.3. The second-order valence-electron chi connectivity index (χ2n) is 7.17. The summed E-state index contributed by atoms with van der Waals surface area (Å²) in [6.45, 7) is 5.79. The van der Waals surface area contributed by atoms with E-state index in [4.69, 9.17) is 0 Å². The van der Waals surface area contributed by atoms with Crippen LogP contribution in [0.2, 0.25) is 0 Å². The van der Waals surface area contributed by atoms with Crippen LogP contribution in [0.1, 0.15) is 32.6 Å². The minimum Gasteiger partial charge on any atom is -0.352 e. The number of nitrogens with zero attached hydrogens (tertiary/aromatic N) is 2. The molecule has 3 aromatic rings. The molecule has 0 atom stereocenters. The predicted octanol–water partition coefficient (Wildman–Crippen LogP) is 4.51. The molecule has 0 fully saturated rings. The Bertz CT molecular complexity index is 976. The van der Waals surface area contributed by atoms with E-state index in [0.717, 1.165) is 42.1 Å². The summed E-state index contributed by atoms with van der Waals surface area (Å²) >= 11 is 0. The van der Waals surface area contributed by atoms with E-state index in [2.05, 4.69) is 45.5 Å². The van der Waals surface area contributed by atoms with Crippen molar-refractivity contribution in [3.05, 3.63) is 88.6 Å². The second-order valence-corrected chi connectivity index (χ2v) is 7.17. The van der Waals surface area contributed by atoms with Crippen molar-refractivity contribution in [2.45, 2.75) is 26.8 Å². The first-order valence-electron chi connectivity index (χ1n) is 9.26. The average molecular weight is 357 g/mol. The molecule has 0 spiro atoms. The summed E-state index contributed by atoms with van der Waals surface area (Å²) in [5.41, 5.74) is 6.44. The van der Waals surface area contributed by atoms with E-state index >= 15 is 0 Å². The number of pyridine rings is 1. The number of carbonyl (C=O) groups is 1. The van der Waals surface area contributed by atoms with E-state index in [0.29, 0.717) is 5.56 Å². The maximum atomic E-state index is 12.7. The first-order valence-corrected chi connectivity index (χ1v) is 9.26. The van der Waals surface area contributed by atoms with Crippen LogP contribution >= 0.6 is 0 Å². The van der Waals surface area contributed by atoms with Gasteiger partial charge in [0.1, 0.15) is 5.82 Å². The summed E-state index contributed by atoms with van der Waals surface area (Å²) in [4.78, 5) is 19.4. The molecule has 2 heterocycles. The molecule has 0 saturated heterocycles. The topological polar surface area (TPSA) is 45.2 Å². The van der Waals surface area contributed by atoms with Crippen LogP contribution in [0.3, 0.4) is 0 Å². The highest BCUT2D eigenvalue weighted by Gasteiger charge is 2.18. The van der Waals surface area contributed by atoms with Gasteiger partial charge in [-0.05, 0) is 66.8 Å². The number of aryl methyl sites for hydroxylation is 2. The molecule has 27 heavy (non-hydrogen) atoms. The second kappa shape index (κ2) is 7.23. The summed E-state index contributed by atoms with van der Waals surface area (Å²) in [5, 5.41) is 3.00. The minimum absolute atomic E-state index is 0.110. The van der Waals surface area contributed by atoms with Crippen LogP contribution in [0.4, 0.5) is 11.5 Å². The van der Waals surface area contributed by atoms with Gasteiger partial charge in [-0.2, -0.15) is 0 Å². The Morgan fingerprint density at radius 2 is 1.74 bits per heavy atom. The van der Waals surface area contributed by atoms with Crippen molar-refractivity contribution in [2.75, 3.05) is 16.8 Å². The Hall–Kier alpha value is -3.14. The normalized spacial score (nSPS) is 13.2. The molecular formula is C23H23N3O. The SMILES string of the molecule is Cc1cc(C)cc(NC(=O)c2ccnc(N3CCc4ccccc4C3)c2)c1. The molecule has 0 aliphatic carbocycles. The molecule has 4 nitrogen and oxygen atoms in total. The van der Waals surface area contributed by atoms with E-state index in [1.807, 2.05) is 32.0 Å². The van der Waals surface area contributed by atoms with Gasteiger partial charge >= 0.3 is 0 Å². The fraction of sp³-hybridized carbons (Fsp3) is 0.217. The van der Waals surface area contributed by atoms with Crippen molar-refractivity contribution in [1.82, 2.24) is 4.98 Å². The van der Waals surface area contributed by atoms with Crippen LogP contribution in [0.25, 0.3) is 0 Å². The van der Waals surface area contributed by atoms with Crippen molar-refractivity contribution in [3.8, 4) is 0 Å².